The minimum Gasteiger partial charge on any atom is -0.384 e. The van der Waals surface area contributed by atoms with Gasteiger partial charge in [0.1, 0.15) is 12.1 Å². The van der Waals surface area contributed by atoms with E-state index in [4.69, 9.17) is 5.73 Å². The lowest BCUT2D eigenvalue weighted by Crippen LogP contribution is -1.98. The summed E-state index contributed by atoms with van der Waals surface area (Å²) in [7, 11) is 1.84. The number of nitrogen functional groups attached to an aromatic ring is 1. The van der Waals surface area contributed by atoms with Gasteiger partial charge in [-0.1, -0.05) is 0 Å². The molecule has 0 aliphatic heterocycles. The van der Waals surface area contributed by atoms with Gasteiger partial charge in [-0.25, -0.2) is 15.0 Å². The van der Waals surface area contributed by atoms with Crippen LogP contribution in [0.25, 0.3) is 22.9 Å². The molecule has 0 atom stereocenters. The molecule has 0 fully saturated rings. The minimum absolute atomic E-state index is 0.371. The summed E-state index contributed by atoms with van der Waals surface area (Å²) in [6.07, 6.45) is 4.96. The highest BCUT2D eigenvalue weighted by Crippen LogP contribution is 2.20. The Bertz CT molecular complexity index is 669. The predicted molar refractivity (Wildman–Crippen MR) is 64.0 cm³/mol. The van der Waals surface area contributed by atoms with Crippen LogP contribution in [0.15, 0.2) is 24.8 Å². The summed E-state index contributed by atoms with van der Waals surface area (Å²) in [6, 6.07) is 1.69. The third-order valence-corrected chi connectivity index (χ3v) is 2.37. The van der Waals surface area contributed by atoms with E-state index in [0.29, 0.717) is 23.2 Å². The number of rotatable bonds is 2. The molecule has 3 N–H and O–H groups in total. The van der Waals surface area contributed by atoms with Crippen LogP contribution in [0, 0.1) is 0 Å². The molecule has 0 aliphatic rings. The van der Waals surface area contributed by atoms with Gasteiger partial charge in [-0.3, -0.25) is 9.78 Å². The fourth-order valence-electron chi connectivity index (χ4n) is 1.59. The zero-order valence-corrected chi connectivity index (χ0v) is 9.57. The number of anilines is 1. The predicted octanol–water partition coefficient (Wildman–Crippen LogP) is 0.244. The van der Waals surface area contributed by atoms with Gasteiger partial charge in [0.25, 0.3) is 0 Å². The number of H-pyrrole nitrogens is 1. The molecule has 8 heteroatoms. The van der Waals surface area contributed by atoms with Crippen LogP contribution < -0.4 is 5.73 Å². The molecular formula is C10H10N8. The van der Waals surface area contributed by atoms with Crippen LogP contribution in [-0.4, -0.2) is 34.9 Å². The fourth-order valence-corrected chi connectivity index (χ4v) is 1.59. The molecule has 0 aromatic carbocycles. The monoisotopic (exact) mass is 242 g/mol. The van der Waals surface area contributed by atoms with E-state index < -0.39 is 0 Å². The van der Waals surface area contributed by atoms with Gasteiger partial charge in [0.15, 0.2) is 11.6 Å². The van der Waals surface area contributed by atoms with Crippen molar-refractivity contribution in [2.75, 3.05) is 5.73 Å². The van der Waals surface area contributed by atoms with Crippen LogP contribution >= 0.6 is 0 Å². The van der Waals surface area contributed by atoms with Crippen LogP contribution in [0.5, 0.6) is 0 Å². The largest absolute Gasteiger partial charge is 0.384 e. The molecule has 0 spiro atoms. The lowest BCUT2D eigenvalue weighted by molar-refractivity contribution is 0.768. The van der Waals surface area contributed by atoms with E-state index >= 15 is 0 Å². The topological polar surface area (TPSA) is 111 Å². The number of aromatic nitrogens is 7. The molecular weight excluding hydrogens is 232 g/mol. The Morgan fingerprint density at radius 2 is 2.22 bits per heavy atom. The van der Waals surface area contributed by atoms with Gasteiger partial charge in [-0.15, -0.1) is 0 Å². The maximum Gasteiger partial charge on any atom is 0.199 e. The number of nitrogens with zero attached hydrogens (tertiary/aromatic N) is 6. The standard InChI is InChI=1S/C10H10N8/c1-18-4-6(3-14-18)7-2-8(11)16-10(15-7)9-12-5-13-17-9/h2-5H,1H3,(H2,11,15,16)(H,12,13,17). The van der Waals surface area contributed by atoms with Gasteiger partial charge in [0, 0.05) is 24.9 Å². The number of hydrogen-bond donors (Lipinski definition) is 2. The molecule has 3 aromatic heterocycles. The normalized spacial score (nSPS) is 10.7. The van der Waals surface area contributed by atoms with E-state index in [1.165, 1.54) is 6.33 Å². The molecule has 0 amide bonds. The Hall–Kier alpha value is -2.77. The van der Waals surface area contributed by atoms with Crippen molar-refractivity contribution in [1.82, 2.24) is 34.9 Å². The second-order valence-electron chi connectivity index (χ2n) is 3.74. The molecule has 3 heterocycles. The zero-order valence-electron chi connectivity index (χ0n) is 9.57. The first-order valence-electron chi connectivity index (χ1n) is 5.22. The number of aromatic amines is 1. The summed E-state index contributed by atoms with van der Waals surface area (Å²) in [6.45, 7) is 0. The van der Waals surface area contributed by atoms with Crippen LogP contribution in [0.2, 0.25) is 0 Å². The van der Waals surface area contributed by atoms with Crippen LogP contribution in [0.3, 0.4) is 0 Å². The maximum absolute atomic E-state index is 5.77. The Morgan fingerprint density at radius 3 is 2.89 bits per heavy atom. The first-order valence-corrected chi connectivity index (χ1v) is 5.22. The number of hydrogen-bond acceptors (Lipinski definition) is 6. The molecule has 3 rings (SSSR count). The van der Waals surface area contributed by atoms with Gasteiger partial charge in [-0.2, -0.15) is 10.2 Å². The highest BCUT2D eigenvalue weighted by atomic mass is 15.2. The summed E-state index contributed by atoms with van der Waals surface area (Å²) in [5, 5.41) is 10.6. The molecule has 18 heavy (non-hydrogen) atoms. The maximum atomic E-state index is 5.77. The molecule has 0 aliphatic carbocycles. The number of nitrogens with two attached hydrogens (primary N) is 1. The van der Waals surface area contributed by atoms with Gasteiger partial charge in [0.2, 0.25) is 0 Å². The summed E-state index contributed by atoms with van der Waals surface area (Å²) in [5.41, 5.74) is 7.33. The molecule has 0 saturated carbocycles. The first-order chi connectivity index (χ1) is 8.72. The summed E-state index contributed by atoms with van der Waals surface area (Å²) >= 11 is 0. The molecule has 0 unspecified atom stereocenters. The second kappa shape index (κ2) is 3.91. The first kappa shape index (κ1) is 10.4. The van der Waals surface area contributed by atoms with Crippen molar-refractivity contribution in [2.45, 2.75) is 0 Å². The smallest absolute Gasteiger partial charge is 0.199 e. The van der Waals surface area contributed by atoms with E-state index in [1.807, 2.05) is 13.2 Å². The zero-order chi connectivity index (χ0) is 12.5. The second-order valence-corrected chi connectivity index (χ2v) is 3.74. The Balaban J connectivity index is 2.11. The minimum atomic E-state index is 0.371. The van der Waals surface area contributed by atoms with Gasteiger partial charge in [-0.05, 0) is 0 Å². The van der Waals surface area contributed by atoms with E-state index in [9.17, 15) is 0 Å². The third kappa shape index (κ3) is 1.79. The highest BCUT2D eigenvalue weighted by Gasteiger charge is 2.10. The van der Waals surface area contributed by atoms with E-state index in [0.717, 1.165) is 5.56 Å². The fraction of sp³-hybridized carbons (Fsp3) is 0.100. The lowest BCUT2D eigenvalue weighted by Gasteiger charge is -2.01. The van der Waals surface area contributed by atoms with Gasteiger partial charge >= 0.3 is 0 Å². The average molecular weight is 242 g/mol. The van der Waals surface area contributed by atoms with Gasteiger partial charge < -0.3 is 5.73 Å². The van der Waals surface area contributed by atoms with Crippen molar-refractivity contribution < 1.29 is 0 Å². The van der Waals surface area contributed by atoms with Crippen LogP contribution in [-0.2, 0) is 7.05 Å². The van der Waals surface area contributed by atoms with Crippen LogP contribution in [0.4, 0.5) is 5.82 Å². The summed E-state index contributed by atoms with van der Waals surface area (Å²) in [4.78, 5) is 12.5. The van der Waals surface area contributed by atoms with Crippen molar-refractivity contribution in [3.63, 3.8) is 0 Å². The molecule has 8 nitrogen and oxygen atoms in total. The Kier molecular flexibility index (Phi) is 2.26. The lowest BCUT2D eigenvalue weighted by atomic mass is 10.2. The highest BCUT2D eigenvalue weighted by molar-refractivity contribution is 5.63. The van der Waals surface area contributed by atoms with Gasteiger partial charge in [0.05, 0.1) is 11.9 Å². The molecule has 0 saturated heterocycles. The van der Waals surface area contributed by atoms with E-state index in [1.54, 1.807) is 16.9 Å². The van der Waals surface area contributed by atoms with Crippen LogP contribution in [0.1, 0.15) is 0 Å². The summed E-state index contributed by atoms with van der Waals surface area (Å²) in [5.74, 6) is 1.26. The van der Waals surface area contributed by atoms with Crippen molar-refractivity contribution in [2.24, 2.45) is 7.05 Å². The van der Waals surface area contributed by atoms with E-state index in [-0.39, 0.29) is 0 Å². The molecule has 3 aromatic rings. The molecule has 0 bridgehead atoms. The van der Waals surface area contributed by atoms with E-state index in [2.05, 4.69) is 30.2 Å². The third-order valence-electron chi connectivity index (χ3n) is 2.37. The molecule has 90 valence electrons. The van der Waals surface area contributed by atoms with Crippen molar-refractivity contribution in [3.8, 4) is 22.9 Å². The van der Waals surface area contributed by atoms with Crippen molar-refractivity contribution in [1.29, 1.82) is 0 Å². The number of aryl methyl sites for hydroxylation is 1. The Morgan fingerprint density at radius 1 is 1.33 bits per heavy atom. The average Bonchev–Trinajstić information content (AvgIpc) is 2.98. The summed E-state index contributed by atoms with van der Waals surface area (Å²) < 4.78 is 1.70. The quantitative estimate of drug-likeness (QED) is 0.666. The Labute approximate surface area is 102 Å². The number of nitrogens with one attached hydrogen (secondary N) is 1. The van der Waals surface area contributed by atoms with Crippen molar-refractivity contribution >= 4 is 5.82 Å². The molecule has 0 radical (unpaired) electrons. The van der Waals surface area contributed by atoms with Crippen molar-refractivity contribution in [3.05, 3.63) is 24.8 Å². The SMILES string of the molecule is Cn1cc(-c2cc(N)nc(-c3ncn[nH]3)n2)cn1.